The van der Waals surface area contributed by atoms with Gasteiger partial charge < -0.3 is 0 Å². The van der Waals surface area contributed by atoms with E-state index in [-0.39, 0.29) is 0 Å². The second kappa shape index (κ2) is 2.10. The molecule has 0 atom stereocenters. The Hall–Kier alpha value is -1.82. The maximum atomic E-state index is 8.66. The standard InChI is InChI=1S/C8H5N3/c9-6-7-2-1-3-8-10-4-5-11(7)8/h1-5H. The van der Waals surface area contributed by atoms with Crippen LogP contribution in [0.5, 0.6) is 0 Å². The fourth-order valence-electron chi connectivity index (χ4n) is 1.04. The summed E-state index contributed by atoms with van der Waals surface area (Å²) in [6, 6.07) is 7.52. The quantitative estimate of drug-likeness (QED) is 0.556. The number of fused-ring (bicyclic) bond motifs is 1. The Morgan fingerprint density at radius 3 is 3.18 bits per heavy atom. The molecule has 0 aliphatic rings. The number of nitriles is 1. The van der Waals surface area contributed by atoms with E-state index in [2.05, 4.69) is 11.1 Å². The SMILES string of the molecule is N#Cc1cccc2nccn12. The number of aromatic nitrogens is 2. The zero-order chi connectivity index (χ0) is 7.68. The van der Waals surface area contributed by atoms with Crippen LogP contribution in [-0.4, -0.2) is 9.38 Å². The van der Waals surface area contributed by atoms with Gasteiger partial charge in [-0.2, -0.15) is 5.26 Å². The fraction of sp³-hybridized carbons (Fsp3) is 0. The first kappa shape index (κ1) is 5.93. The van der Waals surface area contributed by atoms with Crippen LogP contribution in [0.3, 0.4) is 0 Å². The number of pyridine rings is 1. The van der Waals surface area contributed by atoms with Gasteiger partial charge >= 0.3 is 0 Å². The van der Waals surface area contributed by atoms with Gasteiger partial charge in [0.25, 0.3) is 0 Å². The predicted octanol–water partition coefficient (Wildman–Crippen LogP) is 1.21. The van der Waals surface area contributed by atoms with Crippen molar-refractivity contribution < 1.29 is 0 Å². The molecule has 0 N–H and O–H groups in total. The van der Waals surface area contributed by atoms with Gasteiger partial charge in [-0.15, -0.1) is 0 Å². The highest BCUT2D eigenvalue weighted by atomic mass is 15.0. The summed E-state index contributed by atoms with van der Waals surface area (Å²) in [6.45, 7) is 0. The first-order valence-corrected chi connectivity index (χ1v) is 3.24. The van der Waals surface area contributed by atoms with Gasteiger partial charge in [0.2, 0.25) is 0 Å². The van der Waals surface area contributed by atoms with Crippen molar-refractivity contribution >= 4 is 5.65 Å². The summed E-state index contributed by atoms with van der Waals surface area (Å²) in [5.74, 6) is 0. The van der Waals surface area contributed by atoms with E-state index < -0.39 is 0 Å². The van der Waals surface area contributed by atoms with Gasteiger partial charge in [0, 0.05) is 12.4 Å². The largest absolute Gasteiger partial charge is 0.291 e. The predicted molar refractivity (Wildman–Crippen MR) is 39.9 cm³/mol. The molecule has 0 bridgehead atoms. The average molecular weight is 143 g/mol. The summed E-state index contributed by atoms with van der Waals surface area (Å²) in [6.07, 6.45) is 3.45. The first-order valence-electron chi connectivity index (χ1n) is 3.24. The molecule has 0 radical (unpaired) electrons. The summed E-state index contributed by atoms with van der Waals surface area (Å²) in [5, 5.41) is 8.66. The van der Waals surface area contributed by atoms with Crippen LogP contribution >= 0.6 is 0 Å². The highest BCUT2D eigenvalue weighted by Gasteiger charge is 1.96. The molecular formula is C8H5N3. The van der Waals surface area contributed by atoms with Crippen LogP contribution in [0.2, 0.25) is 0 Å². The fourth-order valence-corrected chi connectivity index (χ4v) is 1.04. The van der Waals surface area contributed by atoms with Crippen LogP contribution in [0, 0.1) is 11.3 Å². The van der Waals surface area contributed by atoms with Crippen molar-refractivity contribution in [3.63, 3.8) is 0 Å². The van der Waals surface area contributed by atoms with E-state index in [1.54, 1.807) is 22.9 Å². The molecule has 2 aromatic rings. The lowest BCUT2D eigenvalue weighted by Gasteiger charge is -1.93. The van der Waals surface area contributed by atoms with E-state index in [1.165, 1.54) is 0 Å². The normalized spacial score (nSPS) is 9.73. The average Bonchev–Trinajstić information content (AvgIpc) is 2.50. The van der Waals surface area contributed by atoms with Crippen LogP contribution in [0.25, 0.3) is 5.65 Å². The number of nitrogens with zero attached hydrogens (tertiary/aromatic N) is 3. The highest BCUT2D eigenvalue weighted by Crippen LogP contribution is 2.03. The lowest BCUT2D eigenvalue weighted by molar-refractivity contribution is 1.14. The summed E-state index contributed by atoms with van der Waals surface area (Å²) in [4.78, 5) is 4.04. The Balaban J connectivity index is 2.92. The molecule has 0 aliphatic heterocycles. The summed E-state index contributed by atoms with van der Waals surface area (Å²) in [7, 11) is 0. The van der Waals surface area contributed by atoms with Crippen LogP contribution in [0.15, 0.2) is 30.6 Å². The molecule has 2 heterocycles. The van der Waals surface area contributed by atoms with Crippen molar-refractivity contribution in [1.29, 1.82) is 5.26 Å². The van der Waals surface area contributed by atoms with E-state index in [1.807, 2.05) is 12.1 Å². The maximum absolute atomic E-state index is 8.66. The second-order valence-electron chi connectivity index (χ2n) is 2.18. The van der Waals surface area contributed by atoms with Crippen molar-refractivity contribution in [2.45, 2.75) is 0 Å². The first-order chi connectivity index (χ1) is 5.42. The van der Waals surface area contributed by atoms with Gasteiger partial charge in [-0.3, -0.25) is 4.40 Å². The molecule has 3 heteroatoms. The maximum Gasteiger partial charge on any atom is 0.137 e. The number of hydrogen-bond donors (Lipinski definition) is 0. The minimum atomic E-state index is 0.611. The molecule has 0 saturated heterocycles. The highest BCUT2D eigenvalue weighted by molar-refractivity contribution is 5.42. The van der Waals surface area contributed by atoms with Gasteiger partial charge in [0.1, 0.15) is 17.4 Å². The van der Waals surface area contributed by atoms with E-state index in [9.17, 15) is 0 Å². The van der Waals surface area contributed by atoms with Crippen molar-refractivity contribution in [3.05, 3.63) is 36.3 Å². The van der Waals surface area contributed by atoms with Gasteiger partial charge in [0.15, 0.2) is 0 Å². The molecule has 0 unspecified atom stereocenters. The lowest BCUT2D eigenvalue weighted by atomic mass is 10.4. The second-order valence-corrected chi connectivity index (χ2v) is 2.18. The van der Waals surface area contributed by atoms with Gasteiger partial charge in [-0.1, -0.05) is 6.07 Å². The molecule has 2 aromatic heterocycles. The van der Waals surface area contributed by atoms with Crippen molar-refractivity contribution in [3.8, 4) is 6.07 Å². The zero-order valence-corrected chi connectivity index (χ0v) is 5.73. The lowest BCUT2D eigenvalue weighted by Crippen LogP contribution is -1.88. The molecule has 0 saturated carbocycles. The molecule has 2 rings (SSSR count). The Morgan fingerprint density at radius 2 is 2.36 bits per heavy atom. The molecule has 0 aromatic carbocycles. The van der Waals surface area contributed by atoms with E-state index in [4.69, 9.17) is 5.26 Å². The molecule has 52 valence electrons. The van der Waals surface area contributed by atoms with Crippen molar-refractivity contribution in [1.82, 2.24) is 9.38 Å². The summed E-state index contributed by atoms with van der Waals surface area (Å²) >= 11 is 0. The smallest absolute Gasteiger partial charge is 0.137 e. The topological polar surface area (TPSA) is 41.1 Å². The zero-order valence-electron chi connectivity index (χ0n) is 5.73. The third-order valence-electron chi connectivity index (χ3n) is 1.54. The minimum Gasteiger partial charge on any atom is -0.291 e. The minimum absolute atomic E-state index is 0.611. The number of imidazole rings is 1. The van der Waals surface area contributed by atoms with E-state index in [0.717, 1.165) is 5.65 Å². The molecular weight excluding hydrogens is 138 g/mol. The summed E-state index contributed by atoms with van der Waals surface area (Å²) in [5.41, 5.74) is 1.42. The molecule has 0 amide bonds. The molecule has 0 aliphatic carbocycles. The number of rotatable bonds is 0. The van der Waals surface area contributed by atoms with Gasteiger partial charge in [-0.05, 0) is 12.1 Å². The van der Waals surface area contributed by atoms with Crippen LogP contribution in [0.4, 0.5) is 0 Å². The van der Waals surface area contributed by atoms with E-state index in [0.29, 0.717) is 5.69 Å². The van der Waals surface area contributed by atoms with Crippen molar-refractivity contribution in [2.75, 3.05) is 0 Å². The molecule has 11 heavy (non-hydrogen) atoms. The van der Waals surface area contributed by atoms with Crippen LogP contribution in [-0.2, 0) is 0 Å². The Kier molecular flexibility index (Phi) is 1.13. The van der Waals surface area contributed by atoms with Crippen LogP contribution < -0.4 is 0 Å². The molecule has 0 fully saturated rings. The Bertz CT molecular complexity index is 422. The molecule has 0 spiro atoms. The Morgan fingerprint density at radius 1 is 1.45 bits per heavy atom. The third-order valence-corrected chi connectivity index (χ3v) is 1.54. The number of hydrogen-bond acceptors (Lipinski definition) is 2. The van der Waals surface area contributed by atoms with Gasteiger partial charge in [0.05, 0.1) is 0 Å². The van der Waals surface area contributed by atoms with Crippen LogP contribution in [0.1, 0.15) is 5.69 Å². The van der Waals surface area contributed by atoms with E-state index >= 15 is 0 Å². The monoisotopic (exact) mass is 143 g/mol. The summed E-state index contributed by atoms with van der Waals surface area (Å²) < 4.78 is 1.75. The van der Waals surface area contributed by atoms with Crippen molar-refractivity contribution in [2.24, 2.45) is 0 Å². The molecule has 3 nitrogen and oxygen atoms in total. The third kappa shape index (κ3) is 0.767. The Labute approximate surface area is 63.5 Å². The van der Waals surface area contributed by atoms with Gasteiger partial charge in [-0.25, -0.2) is 4.98 Å².